The van der Waals surface area contributed by atoms with E-state index in [1.807, 2.05) is 0 Å². The van der Waals surface area contributed by atoms with E-state index in [1.165, 1.54) is 0 Å². The van der Waals surface area contributed by atoms with Crippen molar-refractivity contribution in [1.82, 2.24) is 0 Å². The minimum Gasteiger partial charge on any atom is -0.322 e. The van der Waals surface area contributed by atoms with Gasteiger partial charge >= 0.3 is 0 Å². The van der Waals surface area contributed by atoms with Crippen LogP contribution < -0.4 is 0 Å². The molecule has 0 heterocycles. The van der Waals surface area contributed by atoms with Crippen LogP contribution in [0.5, 0.6) is 0 Å². The number of hydrogen-bond donors (Lipinski definition) is 0. The maximum absolute atomic E-state index is 13.1. The molecule has 0 fully saturated rings. The molecule has 0 unspecified atom stereocenters. The molecule has 0 saturated heterocycles. The second-order valence-corrected chi connectivity index (χ2v) is 11.2. The fourth-order valence-electron chi connectivity index (χ4n) is 2.07. The Kier molecular flexibility index (Phi) is 4.07. The van der Waals surface area contributed by atoms with Crippen LogP contribution in [0.15, 0.2) is 0 Å². The summed E-state index contributed by atoms with van der Waals surface area (Å²) in [5, 5.41) is -0.148. The Balaban J connectivity index is 5.20. The molecular formula is C12H27OP. The van der Waals surface area contributed by atoms with Crippen molar-refractivity contribution >= 4 is 7.14 Å². The minimum absolute atomic E-state index is 0.0739. The third-order valence-electron chi connectivity index (χ3n) is 2.79. The molecule has 0 aromatic rings. The van der Waals surface area contributed by atoms with Crippen LogP contribution in [0.2, 0.25) is 0 Å². The molecule has 0 atom stereocenters. The van der Waals surface area contributed by atoms with Gasteiger partial charge in [-0.2, -0.15) is 0 Å². The van der Waals surface area contributed by atoms with Gasteiger partial charge in [0.1, 0.15) is 0 Å². The molecule has 0 saturated carbocycles. The highest BCUT2D eigenvalue weighted by Crippen LogP contribution is 2.67. The number of rotatable bonds is 2. The van der Waals surface area contributed by atoms with Crippen LogP contribution >= 0.6 is 7.14 Å². The first-order valence-electron chi connectivity index (χ1n) is 5.51. The molecule has 0 N–H and O–H groups in total. The third kappa shape index (κ3) is 2.86. The first-order chi connectivity index (χ1) is 5.92. The van der Waals surface area contributed by atoms with Crippen molar-refractivity contribution < 1.29 is 4.57 Å². The molecule has 2 heteroatoms. The van der Waals surface area contributed by atoms with Crippen molar-refractivity contribution in [3.05, 3.63) is 0 Å². The zero-order chi connectivity index (χ0) is 11.8. The molecule has 0 aliphatic carbocycles. The smallest absolute Gasteiger partial charge is 0.0980 e. The second-order valence-electron chi connectivity index (χ2n) is 6.66. The Hall–Kier alpha value is 0.230. The molecule has 0 aromatic heterocycles. The topological polar surface area (TPSA) is 17.1 Å². The summed E-state index contributed by atoms with van der Waals surface area (Å²) in [6.07, 6.45) is 0.861. The van der Waals surface area contributed by atoms with Gasteiger partial charge in [0.05, 0.1) is 7.14 Å². The second kappa shape index (κ2) is 4.00. The van der Waals surface area contributed by atoms with Crippen LogP contribution in [-0.4, -0.2) is 16.5 Å². The van der Waals surface area contributed by atoms with Crippen molar-refractivity contribution in [2.45, 2.75) is 65.7 Å². The summed E-state index contributed by atoms with van der Waals surface area (Å²) < 4.78 is 13.1. The summed E-state index contributed by atoms with van der Waals surface area (Å²) in [6, 6.07) is 0. The molecule has 0 radical (unpaired) electrons. The van der Waals surface area contributed by atoms with Gasteiger partial charge in [0, 0.05) is 16.5 Å². The maximum Gasteiger partial charge on any atom is 0.0980 e. The van der Waals surface area contributed by atoms with E-state index in [9.17, 15) is 4.57 Å². The van der Waals surface area contributed by atoms with Crippen LogP contribution in [0.25, 0.3) is 0 Å². The van der Waals surface area contributed by atoms with E-state index < -0.39 is 7.14 Å². The number of hydrogen-bond acceptors (Lipinski definition) is 1. The predicted octanol–water partition coefficient (Wildman–Crippen LogP) is 4.60. The molecule has 1 nitrogen and oxygen atoms in total. The predicted molar refractivity (Wildman–Crippen MR) is 66.8 cm³/mol. The van der Waals surface area contributed by atoms with Gasteiger partial charge in [-0.15, -0.1) is 0 Å². The van der Waals surface area contributed by atoms with E-state index in [1.54, 1.807) is 0 Å². The summed E-state index contributed by atoms with van der Waals surface area (Å²) in [4.78, 5) is 0. The van der Waals surface area contributed by atoms with Crippen LogP contribution in [-0.2, 0) is 4.57 Å². The minimum atomic E-state index is -2.14. The lowest BCUT2D eigenvalue weighted by Crippen LogP contribution is -2.31. The normalized spacial score (nSPS) is 14.9. The van der Waals surface area contributed by atoms with Crippen LogP contribution in [0.4, 0.5) is 0 Å². The van der Waals surface area contributed by atoms with Gasteiger partial charge in [0.15, 0.2) is 0 Å². The molecule has 0 aliphatic heterocycles. The summed E-state index contributed by atoms with van der Waals surface area (Å²) in [6.45, 7) is 17.0. The van der Waals surface area contributed by atoms with Crippen molar-refractivity contribution in [3.63, 3.8) is 0 Å². The Morgan fingerprint density at radius 1 is 0.929 bits per heavy atom. The van der Waals surface area contributed by atoms with Gasteiger partial charge in [0.25, 0.3) is 0 Å². The van der Waals surface area contributed by atoms with E-state index in [0.29, 0.717) is 5.92 Å². The Morgan fingerprint density at radius 2 is 1.21 bits per heavy atom. The van der Waals surface area contributed by atoms with Gasteiger partial charge in [-0.3, -0.25) is 0 Å². The van der Waals surface area contributed by atoms with Crippen LogP contribution in [0.1, 0.15) is 55.4 Å². The summed E-state index contributed by atoms with van der Waals surface area (Å²) in [5.41, 5.74) is 0. The highest BCUT2D eigenvalue weighted by atomic mass is 31.2. The molecule has 0 rings (SSSR count). The van der Waals surface area contributed by atoms with E-state index in [2.05, 4.69) is 55.4 Å². The van der Waals surface area contributed by atoms with Crippen molar-refractivity contribution in [3.8, 4) is 0 Å². The van der Waals surface area contributed by atoms with Crippen LogP contribution in [0, 0.1) is 5.92 Å². The van der Waals surface area contributed by atoms with E-state index in [4.69, 9.17) is 0 Å². The standard InChI is InChI=1S/C12H27OP/c1-10(2)9-14(13,11(3,4)5)12(6,7)8/h10H,9H2,1-8H3. The fraction of sp³-hybridized carbons (Fsp3) is 1.00. The van der Waals surface area contributed by atoms with Gasteiger partial charge in [0.2, 0.25) is 0 Å². The Bertz CT molecular complexity index is 210. The molecule has 0 aliphatic rings. The van der Waals surface area contributed by atoms with Crippen LogP contribution in [0.3, 0.4) is 0 Å². The summed E-state index contributed by atoms with van der Waals surface area (Å²) in [7, 11) is -2.14. The lowest BCUT2D eigenvalue weighted by Gasteiger charge is -2.42. The van der Waals surface area contributed by atoms with Gasteiger partial charge in [-0.1, -0.05) is 55.4 Å². The summed E-state index contributed by atoms with van der Waals surface area (Å²) in [5.74, 6) is 0.513. The quantitative estimate of drug-likeness (QED) is 0.619. The largest absolute Gasteiger partial charge is 0.322 e. The average molecular weight is 218 g/mol. The van der Waals surface area contributed by atoms with Gasteiger partial charge in [-0.25, -0.2) is 0 Å². The first-order valence-corrected chi connectivity index (χ1v) is 7.40. The van der Waals surface area contributed by atoms with Crippen molar-refractivity contribution in [2.75, 3.05) is 6.16 Å². The molecule has 86 valence electrons. The lowest BCUT2D eigenvalue weighted by atomic mass is 10.2. The van der Waals surface area contributed by atoms with Crippen molar-refractivity contribution in [1.29, 1.82) is 0 Å². The van der Waals surface area contributed by atoms with Gasteiger partial charge < -0.3 is 4.57 Å². The summed E-state index contributed by atoms with van der Waals surface area (Å²) >= 11 is 0. The SMILES string of the molecule is CC(C)CP(=O)(C(C)(C)C)C(C)(C)C. The zero-order valence-corrected chi connectivity index (χ0v) is 12.0. The fourth-order valence-corrected chi connectivity index (χ4v) is 6.20. The monoisotopic (exact) mass is 218 g/mol. The van der Waals surface area contributed by atoms with Gasteiger partial charge in [-0.05, 0) is 5.92 Å². The molecule has 0 amide bonds. The highest BCUT2D eigenvalue weighted by molar-refractivity contribution is 7.67. The van der Waals surface area contributed by atoms with E-state index in [-0.39, 0.29) is 10.3 Å². The molecule has 14 heavy (non-hydrogen) atoms. The first kappa shape index (κ1) is 14.2. The van der Waals surface area contributed by atoms with E-state index in [0.717, 1.165) is 6.16 Å². The molecule has 0 aromatic carbocycles. The van der Waals surface area contributed by atoms with Crippen molar-refractivity contribution in [2.24, 2.45) is 5.92 Å². The van der Waals surface area contributed by atoms with E-state index >= 15 is 0 Å². The average Bonchev–Trinajstić information content (AvgIpc) is 1.79. The molecular weight excluding hydrogens is 191 g/mol. The third-order valence-corrected chi connectivity index (χ3v) is 8.37. The Labute approximate surface area is 90.0 Å². The maximum atomic E-state index is 13.1. The zero-order valence-electron chi connectivity index (χ0n) is 11.1. The highest BCUT2D eigenvalue weighted by Gasteiger charge is 2.45. The molecule has 0 spiro atoms. The molecule has 0 bridgehead atoms. The Morgan fingerprint density at radius 3 is 1.29 bits per heavy atom. The lowest BCUT2D eigenvalue weighted by molar-refractivity contribution is 0.507.